The molecule has 1 spiro atoms. The van der Waals surface area contributed by atoms with Gasteiger partial charge in [-0.3, -0.25) is 4.90 Å². The van der Waals surface area contributed by atoms with Gasteiger partial charge in [-0.15, -0.1) is 6.58 Å². The van der Waals surface area contributed by atoms with E-state index in [4.69, 9.17) is 14.2 Å². The summed E-state index contributed by atoms with van der Waals surface area (Å²) in [6.07, 6.45) is 9.63. The van der Waals surface area contributed by atoms with E-state index in [2.05, 4.69) is 31.4 Å². The number of ether oxygens (including phenoxy) is 3. The maximum atomic E-state index is 12.4. The van der Waals surface area contributed by atoms with Gasteiger partial charge in [0.25, 0.3) is 0 Å². The molecule has 6 nitrogen and oxygen atoms in total. The molecule has 33 heavy (non-hydrogen) atoms. The number of hydrogen-bond donors (Lipinski definition) is 2. The number of likely N-dealkylation sites (tertiary alicyclic amines) is 1. The zero-order valence-corrected chi connectivity index (χ0v) is 20.6. The standard InChI is InChI=1S/C27H41NO5/c1-6-13-28-14-11-26-22-18-7-8-19(29)23(22)32-24(26)20(9-10-27(26,30)21(28)16-18)33-25(4,5)12-15-31-17(2)3/h6-8,17-18,20-22,24,29-30H,1,9-16H2,2-5H3/t18?,20?,21?,22?,24-,26-,27+/m0/s1. The molecule has 2 saturated carbocycles. The van der Waals surface area contributed by atoms with E-state index < -0.39 is 11.0 Å². The monoisotopic (exact) mass is 459 g/mol. The summed E-state index contributed by atoms with van der Waals surface area (Å²) < 4.78 is 19.2. The van der Waals surface area contributed by atoms with Crippen LogP contribution in [0, 0.1) is 17.3 Å². The Kier molecular flexibility index (Phi) is 5.75. The Labute approximate surface area is 198 Å². The van der Waals surface area contributed by atoms with Crippen molar-refractivity contribution in [3.63, 3.8) is 0 Å². The minimum Gasteiger partial charge on any atom is -0.504 e. The smallest absolute Gasteiger partial charge is 0.153 e. The molecular formula is C27H41NO5. The predicted molar refractivity (Wildman–Crippen MR) is 127 cm³/mol. The zero-order chi connectivity index (χ0) is 23.6. The molecule has 7 atom stereocenters. The molecule has 2 bridgehead atoms. The normalized spacial score (nSPS) is 41.8. The molecule has 6 heteroatoms. The molecule has 0 aromatic rings. The van der Waals surface area contributed by atoms with Crippen LogP contribution in [0.3, 0.4) is 0 Å². The van der Waals surface area contributed by atoms with E-state index in [-0.39, 0.29) is 47.5 Å². The summed E-state index contributed by atoms with van der Waals surface area (Å²) in [5, 5.41) is 23.2. The van der Waals surface area contributed by atoms with Crippen molar-refractivity contribution in [1.82, 2.24) is 4.90 Å². The Morgan fingerprint density at radius 1 is 1.36 bits per heavy atom. The number of allylic oxidation sites excluding steroid dienone is 3. The van der Waals surface area contributed by atoms with Gasteiger partial charge in [-0.2, -0.15) is 0 Å². The van der Waals surface area contributed by atoms with Crippen molar-refractivity contribution >= 4 is 0 Å². The molecule has 4 fully saturated rings. The van der Waals surface area contributed by atoms with E-state index in [9.17, 15) is 10.2 Å². The van der Waals surface area contributed by atoms with Crippen molar-refractivity contribution in [2.24, 2.45) is 17.3 Å². The van der Waals surface area contributed by atoms with E-state index in [1.54, 1.807) is 6.08 Å². The second-order valence-corrected chi connectivity index (χ2v) is 11.7. The molecule has 3 aliphatic carbocycles. The average Bonchev–Trinajstić information content (AvgIpc) is 3.09. The maximum absolute atomic E-state index is 12.4. The number of aliphatic hydroxyl groups excluding tert-OH is 1. The fourth-order valence-corrected chi connectivity index (χ4v) is 7.71. The molecule has 2 aliphatic heterocycles. The molecule has 5 rings (SSSR count). The first kappa shape index (κ1) is 23.4. The van der Waals surface area contributed by atoms with Crippen molar-refractivity contribution in [2.75, 3.05) is 19.7 Å². The average molecular weight is 460 g/mol. The van der Waals surface area contributed by atoms with Crippen molar-refractivity contribution in [2.45, 2.75) is 95.4 Å². The third-order valence-electron chi connectivity index (χ3n) is 9.02. The van der Waals surface area contributed by atoms with Gasteiger partial charge in [-0.05, 0) is 78.3 Å². The van der Waals surface area contributed by atoms with Gasteiger partial charge in [-0.1, -0.05) is 12.2 Å². The first-order valence-electron chi connectivity index (χ1n) is 12.8. The van der Waals surface area contributed by atoms with Crippen LogP contribution in [0.15, 0.2) is 36.3 Å². The van der Waals surface area contributed by atoms with Crippen molar-refractivity contribution < 1.29 is 24.4 Å². The van der Waals surface area contributed by atoms with Crippen LogP contribution in [0.2, 0.25) is 0 Å². The highest BCUT2D eigenvalue weighted by molar-refractivity contribution is 5.38. The topological polar surface area (TPSA) is 71.4 Å². The molecule has 0 aromatic carbocycles. The fraction of sp³-hybridized carbons (Fsp3) is 0.778. The second kappa shape index (κ2) is 8.11. The quantitative estimate of drug-likeness (QED) is 0.532. The highest BCUT2D eigenvalue weighted by atomic mass is 16.6. The Bertz CT molecular complexity index is 849. The van der Waals surface area contributed by atoms with Crippen LogP contribution >= 0.6 is 0 Å². The van der Waals surface area contributed by atoms with Crippen molar-refractivity contribution in [1.29, 1.82) is 0 Å². The van der Waals surface area contributed by atoms with Crippen LogP contribution in [-0.4, -0.2) is 70.4 Å². The van der Waals surface area contributed by atoms with Crippen LogP contribution < -0.4 is 0 Å². The van der Waals surface area contributed by atoms with Gasteiger partial charge in [0, 0.05) is 25.1 Å². The van der Waals surface area contributed by atoms with Gasteiger partial charge >= 0.3 is 0 Å². The van der Waals surface area contributed by atoms with E-state index in [0.29, 0.717) is 18.8 Å². The summed E-state index contributed by atoms with van der Waals surface area (Å²) >= 11 is 0. The van der Waals surface area contributed by atoms with Crippen LogP contribution in [0.25, 0.3) is 0 Å². The third kappa shape index (κ3) is 3.43. The van der Waals surface area contributed by atoms with Crippen LogP contribution in [0.1, 0.15) is 59.8 Å². The fourth-order valence-electron chi connectivity index (χ4n) is 7.71. The molecule has 5 aliphatic rings. The number of aliphatic hydroxyl groups is 2. The van der Waals surface area contributed by atoms with Crippen LogP contribution in [0.4, 0.5) is 0 Å². The number of hydrogen-bond acceptors (Lipinski definition) is 6. The Hall–Kier alpha value is -1.34. The third-order valence-corrected chi connectivity index (χ3v) is 9.02. The number of nitrogens with zero attached hydrogens (tertiary/aromatic N) is 1. The first-order chi connectivity index (χ1) is 15.6. The molecule has 0 amide bonds. The van der Waals surface area contributed by atoms with Gasteiger partial charge in [0.05, 0.1) is 28.8 Å². The first-order valence-corrected chi connectivity index (χ1v) is 12.8. The van der Waals surface area contributed by atoms with Gasteiger partial charge in [-0.25, -0.2) is 0 Å². The number of piperidine rings is 1. The molecule has 4 unspecified atom stereocenters. The molecule has 184 valence electrons. The highest BCUT2D eigenvalue weighted by Crippen LogP contribution is 2.70. The highest BCUT2D eigenvalue weighted by Gasteiger charge is 2.77. The maximum Gasteiger partial charge on any atom is 0.153 e. The lowest BCUT2D eigenvalue weighted by Crippen LogP contribution is -2.77. The molecule has 0 radical (unpaired) electrons. The Morgan fingerprint density at radius 2 is 2.15 bits per heavy atom. The summed E-state index contributed by atoms with van der Waals surface area (Å²) in [5.74, 6) is 1.17. The van der Waals surface area contributed by atoms with Crippen molar-refractivity contribution in [3.05, 3.63) is 36.3 Å². The summed E-state index contributed by atoms with van der Waals surface area (Å²) in [5.41, 5.74) is -1.67. The summed E-state index contributed by atoms with van der Waals surface area (Å²) in [7, 11) is 0. The van der Waals surface area contributed by atoms with Gasteiger partial charge < -0.3 is 24.4 Å². The molecule has 2 N–H and O–H groups in total. The molecular weight excluding hydrogens is 418 g/mol. The lowest BCUT2D eigenvalue weighted by molar-refractivity contribution is -0.280. The molecule has 0 aromatic heterocycles. The Balaban J connectivity index is 1.48. The van der Waals surface area contributed by atoms with E-state index in [0.717, 1.165) is 38.8 Å². The molecule has 2 saturated heterocycles. The van der Waals surface area contributed by atoms with Crippen LogP contribution in [0.5, 0.6) is 0 Å². The lowest BCUT2D eigenvalue weighted by Gasteiger charge is -2.67. The summed E-state index contributed by atoms with van der Waals surface area (Å²) in [6, 6.07) is 0.0641. The molecule has 2 heterocycles. The number of rotatable bonds is 8. The minimum absolute atomic E-state index is 0.0124. The van der Waals surface area contributed by atoms with Crippen LogP contribution in [-0.2, 0) is 14.2 Å². The predicted octanol–water partition coefficient (Wildman–Crippen LogP) is 4.11. The summed E-state index contributed by atoms with van der Waals surface area (Å²) in [6.45, 7) is 14.6. The van der Waals surface area contributed by atoms with E-state index in [1.807, 2.05) is 19.9 Å². The minimum atomic E-state index is -0.863. The Morgan fingerprint density at radius 3 is 2.88 bits per heavy atom. The zero-order valence-electron chi connectivity index (χ0n) is 20.6. The van der Waals surface area contributed by atoms with Crippen molar-refractivity contribution in [3.8, 4) is 0 Å². The van der Waals surface area contributed by atoms with E-state index >= 15 is 0 Å². The lowest BCUT2D eigenvalue weighted by atomic mass is 9.44. The van der Waals surface area contributed by atoms with Gasteiger partial charge in [0.15, 0.2) is 5.76 Å². The largest absolute Gasteiger partial charge is 0.504 e. The summed E-state index contributed by atoms with van der Waals surface area (Å²) in [4.78, 5) is 2.41. The SMILES string of the molecule is C=CCN1CC[C@@]23C4C5=C(O)C=CC4CC1[C@]2(O)CCC(OC(C)(C)CCOC(C)C)[C@@H]3O5. The van der Waals surface area contributed by atoms with E-state index in [1.165, 1.54) is 0 Å². The van der Waals surface area contributed by atoms with Gasteiger partial charge in [0.2, 0.25) is 0 Å². The second-order valence-electron chi connectivity index (χ2n) is 11.7. The van der Waals surface area contributed by atoms with Gasteiger partial charge in [0.1, 0.15) is 11.9 Å².